The lowest BCUT2D eigenvalue weighted by Crippen LogP contribution is -2.34. The summed E-state index contributed by atoms with van der Waals surface area (Å²) in [4.78, 5) is 22.5. The van der Waals surface area contributed by atoms with Crippen LogP contribution in [0.4, 0.5) is 5.69 Å². The molecule has 1 aromatic heterocycles. The van der Waals surface area contributed by atoms with Gasteiger partial charge >= 0.3 is 0 Å². The molecule has 0 unspecified atom stereocenters. The number of fused-ring (bicyclic) bond motifs is 1. The highest BCUT2D eigenvalue weighted by Gasteiger charge is 2.25. The van der Waals surface area contributed by atoms with Crippen molar-refractivity contribution < 1.29 is 9.90 Å². The fourth-order valence-corrected chi connectivity index (χ4v) is 2.62. The van der Waals surface area contributed by atoms with Crippen LogP contribution in [-0.2, 0) is 4.79 Å². The van der Waals surface area contributed by atoms with E-state index in [9.17, 15) is 9.90 Å². The van der Waals surface area contributed by atoms with Gasteiger partial charge in [0.05, 0.1) is 23.7 Å². The number of β-amino-alcohol motifs (C(OH)–C–C–N with tert-alkyl or cyclic N) is 1. The summed E-state index contributed by atoms with van der Waals surface area (Å²) >= 11 is 6.12. The highest BCUT2D eigenvalue weighted by Crippen LogP contribution is 2.29. The van der Waals surface area contributed by atoms with E-state index >= 15 is 0 Å². The molecule has 22 heavy (non-hydrogen) atoms. The molecule has 2 aromatic rings. The number of halogens is 1. The number of aliphatic hydroxyl groups excluding tert-OH is 1. The van der Waals surface area contributed by atoms with Crippen LogP contribution in [0.1, 0.15) is 11.3 Å². The summed E-state index contributed by atoms with van der Waals surface area (Å²) in [7, 11) is 0. The summed E-state index contributed by atoms with van der Waals surface area (Å²) in [6, 6.07) is 10.8. The van der Waals surface area contributed by atoms with E-state index in [0.717, 1.165) is 5.56 Å². The van der Waals surface area contributed by atoms with E-state index < -0.39 is 0 Å². The number of aliphatic imine (C=N–C) groups is 1. The van der Waals surface area contributed by atoms with Crippen molar-refractivity contribution in [1.82, 2.24) is 4.98 Å². The number of aromatic nitrogens is 1. The lowest BCUT2D eigenvalue weighted by atomic mass is 10.0. The minimum Gasteiger partial charge on any atom is -0.395 e. The predicted molar refractivity (Wildman–Crippen MR) is 85.6 cm³/mol. The quantitative estimate of drug-likeness (QED) is 0.941. The maximum atomic E-state index is 12.3. The van der Waals surface area contributed by atoms with Crippen molar-refractivity contribution in [1.29, 1.82) is 0 Å². The Hall–Kier alpha value is -2.24. The molecule has 3 rings (SSSR count). The number of rotatable bonds is 3. The molecular weight excluding hydrogens is 302 g/mol. The number of anilines is 1. The largest absolute Gasteiger partial charge is 0.395 e. The molecule has 6 heteroatoms. The molecule has 112 valence electrons. The zero-order chi connectivity index (χ0) is 15.5. The molecular formula is C16H14ClN3O2. The van der Waals surface area contributed by atoms with E-state index in [4.69, 9.17) is 11.6 Å². The maximum absolute atomic E-state index is 12.3. The number of pyridine rings is 1. The Bertz CT molecular complexity index is 731. The van der Waals surface area contributed by atoms with Crippen LogP contribution in [0.3, 0.4) is 0 Å². The van der Waals surface area contributed by atoms with Crippen LogP contribution in [-0.4, -0.2) is 41.4 Å². The number of benzodiazepines with no additional fused rings is 1. The van der Waals surface area contributed by atoms with Crippen molar-refractivity contribution >= 4 is 28.9 Å². The van der Waals surface area contributed by atoms with Gasteiger partial charge in [-0.1, -0.05) is 17.7 Å². The van der Waals surface area contributed by atoms with Crippen LogP contribution in [0.2, 0.25) is 5.02 Å². The first-order valence-corrected chi connectivity index (χ1v) is 7.25. The molecule has 1 aliphatic rings. The second kappa shape index (κ2) is 6.25. The standard InChI is InChI=1S/C16H14ClN3O2/c17-11-4-5-14-12(9-11)16(13-3-1-2-6-18-13)19-10-15(22)20(14)7-8-21/h1-6,9,21H,7-8,10H2. The lowest BCUT2D eigenvalue weighted by Gasteiger charge is -2.22. The second-order valence-corrected chi connectivity index (χ2v) is 5.25. The van der Waals surface area contributed by atoms with Gasteiger partial charge in [0.15, 0.2) is 0 Å². The molecule has 1 N–H and O–H groups in total. The molecule has 1 aromatic carbocycles. The summed E-state index contributed by atoms with van der Waals surface area (Å²) < 4.78 is 0. The van der Waals surface area contributed by atoms with Crippen LogP contribution in [0.5, 0.6) is 0 Å². The third-order valence-electron chi connectivity index (χ3n) is 3.41. The lowest BCUT2D eigenvalue weighted by molar-refractivity contribution is -0.117. The van der Waals surface area contributed by atoms with Crippen LogP contribution < -0.4 is 4.90 Å². The minimum atomic E-state index is -0.163. The smallest absolute Gasteiger partial charge is 0.248 e. The third kappa shape index (κ3) is 2.73. The van der Waals surface area contributed by atoms with Crippen LogP contribution in [0.25, 0.3) is 0 Å². The number of benzene rings is 1. The zero-order valence-electron chi connectivity index (χ0n) is 11.7. The van der Waals surface area contributed by atoms with Gasteiger partial charge in [0, 0.05) is 23.3 Å². The number of nitrogens with zero attached hydrogens (tertiary/aromatic N) is 3. The average Bonchev–Trinajstić information content (AvgIpc) is 2.66. The maximum Gasteiger partial charge on any atom is 0.248 e. The number of hydrogen-bond donors (Lipinski definition) is 1. The van der Waals surface area contributed by atoms with E-state index in [1.165, 1.54) is 4.90 Å². The van der Waals surface area contributed by atoms with Crippen molar-refractivity contribution in [2.24, 2.45) is 4.99 Å². The van der Waals surface area contributed by atoms with Gasteiger partial charge in [-0.3, -0.25) is 14.8 Å². The van der Waals surface area contributed by atoms with Crippen molar-refractivity contribution in [3.63, 3.8) is 0 Å². The van der Waals surface area contributed by atoms with E-state index in [0.29, 0.717) is 22.1 Å². The van der Waals surface area contributed by atoms with Gasteiger partial charge < -0.3 is 10.0 Å². The first-order chi connectivity index (χ1) is 10.7. The Morgan fingerprint density at radius 3 is 2.86 bits per heavy atom. The van der Waals surface area contributed by atoms with Gasteiger partial charge in [-0.25, -0.2) is 0 Å². The van der Waals surface area contributed by atoms with Crippen molar-refractivity contribution in [3.8, 4) is 0 Å². The third-order valence-corrected chi connectivity index (χ3v) is 3.64. The number of carbonyl (C=O) groups excluding carboxylic acids is 1. The Labute approximate surface area is 132 Å². The van der Waals surface area contributed by atoms with Crippen LogP contribution in [0.15, 0.2) is 47.6 Å². The average molecular weight is 316 g/mol. The van der Waals surface area contributed by atoms with Gasteiger partial charge in [-0.05, 0) is 30.3 Å². The Morgan fingerprint density at radius 2 is 2.14 bits per heavy atom. The van der Waals surface area contributed by atoms with Gasteiger partial charge in [-0.15, -0.1) is 0 Å². The topological polar surface area (TPSA) is 65.8 Å². The molecule has 1 amide bonds. The molecule has 0 spiro atoms. The fraction of sp³-hybridized carbons (Fsp3) is 0.188. The van der Waals surface area contributed by atoms with Crippen LogP contribution in [0, 0.1) is 0 Å². The normalized spacial score (nSPS) is 14.4. The molecule has 2 heterocycles. The van der Waals surface area contributed by atoms with Crippen LogP contribution >= 0.6 is 11.6 Å². The number of aliphatic hydroxyl groups is 1. The van der Waals surface area contributed by atoms with E-state index in [1.54, 1.807) is 24.4 Å². The highest BCUT2D eigenvalue weighted by molar-refractivity contribution is 6.31. The first kappa shape index (κ1) is 14.7. The summed E-state index contributed by atoms with van der Waals surface area (Å²) in [6.07, 6.45) is 1.68. The SMILES string of the molecule is O=C1CN=C(c2ccccn2)c2cc(Cl)ccc2N1CCO. The van der Waals surface area contributed by atoms with E-state index in [1.807, 2.05) is 18.2 Å². The summed E-state index contributed by atoms with van der Waals surface area (Å²) in [5.74, 6) is -0.163. The van der Waals surface area contributed by atoms with E-state index in [2.05, 4.69) is 9.98 Å². The molecule has 0 bridgehead atoms. The number of carbonyl (C=O) groups is 1. The molecule has 0 radical (unpaired) electrons. The first-order valence-electron chi connectivity index (χ1n) is 6.87. The molecule has 0 saturated heterocycles. The molecule has 5 nitrogen and oxygen atoms in total. The van der Waals surface area contributed by atoms with Gasteiger partial charge in [-0.2, -0.15) is 0 Å². The summed E-state index contributed by atoms with van der Waals surface area (Å²) in [5, 5.41) is 9.78. The molecule has 1 aliphatic heterocycles. The minimum absolute atomic E-state index is 0.0121. The number of amides is 1. The van der Waals surface area contributed by atoms with Crippen molar-refractivity contribution in [2.75, 3.05) is 24.6 Å². The van der Waals surface area contributed by atoms with Crippen molar-refractivity contribution in [3.05, 3.63) is 58.9 Å². The molecule has 0 saturated carbocycles. The Balaban J connectivity index is 2.18. The predicted octanol–water partition coefficient (Wildman–Crippen LogP) is 1.91. The zero-order valence-corrected chi connectivity index (χ0v) is 12.5. The van der Waals surface area contributed by atoms with E-state index in [-0.39, 0.29) is 25.6 Å². The monoisotopic (exact) mass is 315 g/mol. The fourth-order valence-electron chi connectivity index (χ4n) is 2.45. The Kier molecular flexibility index (Phi) is 4.18. The Morgan fingerprint density at radius 1 is 1.27 bits per heavy atom. The number of hydrogen-bond acceptors (Lipinski definition) is 4. The van der Waals surface area contributed by atoms with Crippen molar-refractivity contribution in [2.45, 2.75) is 0 Å². The molecule has 0 fully saturated rings. The molecule has 0 atom stereocenters. The van der Waals surface area contributed by atoms with Gasteiger partial charge in [0.1, 0.15) is 6.54 Å². The second-order valence-electron chi connectivity index (χ2n) is 4.81. The highest BCUT2D eigenvalue weighted by atomic mass is 35.5. The van der Waals surface area contributed by atoms with Gasteiger partial charge in [0.2, 0.25) is 5.91 Å². The molecule has 0 aliphatic carbocycles. The van der Waals surface area contributed by atoms with Gasteiger partial charge in [0.25, 0.3) is 0 Å². The summed E-state index contributed by atoms with van der Waals surface area (Å²) in [5.41, 5.74) is 2.74. The summed E-state index contributed by atoms with van der Waals surface area (Å²) in [6.45, 7) is 0.115.